The minimum Gasteiger partial charge on any atom is -0.339 e. The van der Waals surface area contributed by atoms with Gasteiger partial charge in [-0.15, -0.1) is 11.8 Å². The molecule has 2 rings (SSSR count). The Kier molecular flexibility index (Phi) is 7.25. The Hall–Kier alpha value is -0.520. The summed E-state index contributed by atoms with van der Waals surface area (Å²) in [5.41, 5.74) is 1.22. The maximum absolute atomic E-state index is 12.7. The van der Waals surface area contributed by atoms with E-state index in [1.807, 2.05) is 6.07 Å². The van der Waals surface area contributed by atoms with Crippen molar-refractivity contribution in [2.45, 2.75) is 44.0 Å². The molecule has 1 fully saturated rings. The normalized spacial score (nSPS) is 15.8. The standard InChI is InChI=1S/C17H25BrN2OS/c1-3-10-20(15-6-8-19-9-7-15)17(21)12-22-16-5-4-14(18)11-13(16)2/h4-5,11,15,19H,3,6-10,12H2,1-2H3. The second kappa shape index (κ2) is 8.94. The number of piperidine rings is 1. The van der Waals surface area contributed by atoms with Gasteiger partial charge in [0.25, 0.3) is 0 Å². The van der Waals surface area contributed by atoms with Gasteiger partial charge in [0.1, 0.15) is 0 Å². The number of carbonyl (C=O) groups excluding carboxylic acids is 1. The van der Waals surface area contributed by atoms with Gasteiger partial charge < -0.3 is 10.2 Å². The van der Waals surface area contributed by atoms with E-state index in [2.05, 4.69) is 52.1 Å². The molecule has 0 unspecified atom stereocenters. The number of carbonyl (C=O) groups is 1. The van der Waals surface area contributed by atoms with Crippen LogP contribution in [0.3, 0.4) is 0 Å². The number of hydrogen-bond acceptors (Lipinski definition) is 3. The van der Waals surface area contributed by atoms with Gasteiger partial charge in [-0.2, -0.15) is 0 Å². The van der Waals surface area contributed by atoms with Gasteiger partial charge in [0.15, 0.2) is 0 Å². The number of amides is 1. The SMILES string of the molecule is CCCN(C(=O)CSc1ccc(Br)cc1C)C1CCNCC1. The molecule has 122 valence electrons. The summed E-state index contributed by atoms with van der Waals surface area (Å²) in [5, 5.41) is 3.37. The predicted molar refractivity (Wildman–Crippen MR) is 97.5 cm³/mol. The van der Waals surface area contributed by atoms with E-state index in [-0.39, 0.29) is 5.91 Å². The first-order chi connectivity index (χ1) is 10.6. The van der Waals surface area contributed by atoms with Gasteiger partial charge in [0.05, 0.1) is 5.75 Å². The Morgan fingerprint density at radius 1 is 1.41 bits per heavy atom. The minimum absolute atomic E-state index is 0.279. The average molecular weight is 385 g/mol. The van der Waals surface area contributed by atoms with E-state index in [4.69, 9.17) is 0 Å². The fraction of sp³-hybridized carbons (Fsp3) is 0.588. The van der Waals surface area contributed by atoms with E-state index < -0.39 is 0 Å². The first kappa shape index (κ1) is 17.8. The summed E-state index contributed by atoms with van der Waals surface area (Å²) in [5.74, 6) is 0.813. The molecule has 1 N–H and O–H groups in total. The van der Waals surface area contributed by atoms with Gasteiger partial charge in [0, 0.05) is 22.0 Å². The zero-order valence-electron chi connectivity index (χ0n) is 13.4. The van der Waals surface area contributed by atoms with Gasteiger partial charge >= 0.3 is 0 Å². The molecule has 0 bridgehead atoms. The molecule has 5 heteroatoms. The molecule has 1 heterocycles. The van der Waals surface area contributed by atoms with Crippen molar-refractivity contribution in [1.29, 1.82) is 0 Å². The molecule has 0 radical (unpaired) electrons. The third-order valence-electron chi connectivity index (χ3n) is 4.02. The molecule has 3 nitrogen and oxygen atoms in total. The van der Waals surface area contributed by atoms with Crippen molar-refractivity contribution in [2.24, 2.45) is 0 Å². The van der Waals surface area contributed by atoms with Crippen LogP contribution in [0.15, 0.2) is 27.6 Å². The smallest absolute Gasteiger partial charge is 0.233 e. The Morgan fingerprint density at radius 2 is 2.14 bits per heavy atom. The van der Waals surface area contributed by atoms with Gasteiger partial charge in [0.2, 0.25) is 5.91 Å². The van der Waals surface area contributed by atoms with Crippen molar-refractivity contribution < 1.29 is 4.79 Å². The van der Waals surface area contributed by atoms with Crippen LogP contribution in [0.1, 0.15) is 31.7 Å². The molecular formula is C17H25BrN2OS. The molecule has 1 aliphatic heterocycles. The summed E-state index contributed by atoms with van der Waals surface area (Å²) >= 11 is 5.14. The van der Waals surface area contributed by atoms with Crippen LogP contribution in [0.5, 0.6) is 0 Å². The van der Waals surface area contributed by atoms with Crippen molar-refractivity contribution in [3.8, 4) is 0 Å². The lowest BCUT2D eigenvalue weighted by molar-refractivity contribution is -0.131. The molecule has 1 saturated heterocycles. The fourth-order valence-electron chi connectivity index (χ4n) is 2.87. The van der Waals surface area contributed by atoms with E-state index >= 15 is 0 Å². The molecular weight excluding hydrogens is 360 g/mol. The van der Waals surface area contributed by atoms with Crippen LogP contribution in [0.2, 0.25) is 0 Å². The number of aryl methyl sites for hydroxylation is 1. The van der Waals surface area contributed by atoms with Gasteiger partial charge in [-0.05, 0) is 63.0 Å². The van der Waals surface area contributed by atoms with Crippen LogP contribution in [0.4, 0.5) is 0 Å². The molecule has 1 amide bonds. The Balaban J connectivity index is 1.95. The molecule has 1 aromatic carbocycles. The lowest BCUT2D eigenvalue weighted by atomic mass is 10.0. The largest absolute Gasteiger partial charge is 0.339 e. The molecule has 22 heavy (non-hydrogen) atoms. The number of thioether (sulfide) groups is 1. The summed E-state index contributed by atoms with van der Waals surface area (Å²) < 4.78 is 1.09. The highest BCUT2D eigenvalue weighted by Gasteiger charge is 2.24. The summed E-state index contributed by atoms with van der Waals surface area (Å²) in [7, 11) is 0. The maximum Gasteiger partial charge on any atom is 0.233 e. The minimum atomic E-state index is 0.279. The first-order valence-corrected chi connectivity index (χ1v) is 9.78. The summed E-state index contributed by atoms with van der Waals surface area (Å²) in [6.07, 6.45) is 3.18. The van der Waals surface area contributed by atoms with Crippen LogP contribution in [-0.4, -0.2) is 42.2 Å². The average Bonchev–Trinajstić information content (AvgIpc) is 2.52. The van der Waals surface area contributed by atoms with Crippen molar-refractivity contribution in [2.75, 3.05) is 25.4 Å². The molecule has 0 atom stereocenters. The maximum atomic E-state index is 12.7. The second-order valence-corrected chi connectivity index (χ2v) is 7.70. The van der Waals surface area contributed by atoms with Crippen molar-refractivity contribution in [1.82, 2.24) is 10.2 Å². The van der Waals surface area contributed by atoms with Gasteiger partial charge in [-0.3, -0.25) is 4.79 Å². The van der Waals surface area contributed by atoms with Crippen LogP contribution < -0.4 is 5.32 Å². The molecule has 1 aromatic rings. The van der Waals surface area contributed by atoms with E-state index in [0.29, 0.717) is 11.8 Å². The number of benzene rings is 1. The Morgan fingerprint density at radius 3 is 2.77 bits per heavy atom. The molecule has 0 saturated carbocycles. The van der Waals surface area contributed by atoms with Crippen LogP contribution in [0.25, 0.3) is 0 Å². The van der Waals surface area contributed by atoms with E-state index in [0.717, 1.165) is 43.4 Å². The first-order valence-electron chi connectivity index (χ1n) is 8.01. The van der Waals surface area contributed by atoms with E-state index in [1.165, 1.54) is 10.5 Å². The highest BCUT2D eigenvalue weighted by Crippen LogP contribution is 2.26. The van der Waals surface area contributed by atoms with E-state index in [9.17, 15) is 4.79 Å². The number of rotatable bonds is 6. The Bertz CT molecular complexity index is 503. The Labute approximate surface area is 146 Å². The van der Waals surface area contributed by atoms with Crippen LogP contribution in [-0.2, 0) is 4.79 Å². The molecule has 0 spiro atoms. The number of nitrogens with one attached hydrogen (secondary N) is 1. The zero-order valence-corrected chi connectivity index (χ0v) is 15.8. The van der Waals surface area contributed by atoms with Crippen LogP contribution >= 0.6 is 27.7 Å². The lowest BCUT2D eigenvalue weighted by Crippen LogP contribution is -2.47. The number of hydrogen-bond donors (Lipinski definition) is 1. The second-order valence-electron chi connectivity index (χ2n) is 5.77. The lowest BCUT2D eigenvalue weighted by Gasteiger charge is -2.34. The summed E-state index contributed by atoms with van der Waals surface area (Å²) in [6, 6.07) is 6.65. The summed E-state index contributed by atoms with van der Waals surface area (Å²) in [4.78, 5) is 16.0. The van der Waals surface area contributed by atoms with E-state index in [1.54, 1.807) is 11.8 Å². The third kappa shape index (κ3) is 5.00. The van der Waals surface area contributed by atoms with Crippen molar-refractivity contribution in [3.63, 3.8) is 0 Å². The molecule has 0 aromatic heterocycles. The zero-order chi connectivity index (χ0) is 15.9. The quantitative estimate of drug-likeness (QED) is 0.756. The van der Waals surface area contributed by atoms with Gasteiger partial charge in [-0.1, -0.05) is 22.9 Å². The molecule has 1 aliphatic rings. The van der Waals surface area contributed by atoms with Crippen molar-refractivity contribution in [3.05, 3.63) is 28.2 Å². The molecule has 0 aliphatic carbocycles. The monoisotopic (exact) mass is 384 g/mol. The highest BCUT2D eigenvalue weighted by atomic mass is 79.9. The topological polar surface area (TPSA) is 32.3 Å². The third-order valence-corrected chi connectivity index (χ3v) is 5.68. The van der Waals surface area contributed by atoms with Gasteiger partial charge in [-0.25, -0.2) is 0 Å². The number of halogens is 1. The number of nitrogens with zero attached hydrogens (tertiary/aromatic N) is 1. The predicted octanol–water partition coefficient (Wildman–Crippen LogP) is 3.84. The highest BCUT2D eigenvalue weighted by molar-refractivity contribution is 9.10. The summed E-state index contributed by atoms with van der Waals surface area (Å²) in [6.45, 7) is 7.17. The van der Waals surface area contributed by atoms with Crippen LogP contribution in [0, 0.1) is 6.92 Å². The fourth-order valence-corrected chi connectivity index (χ4v) is 4.24. The van der Waals surface area contributed by atoms with Crippen molar-refractivity contribution >= 4 is 33.6 Å².